The fourth-order valence-electron chi connectivity index (χ4n) is 3.56. The third kappa shape index (κ3) is 4.65. The molecule has 1 aliphatic rings. The Kier molecular flexibility index (Phi) is 6.04. The van der Waals surface area contributed by atoms with E-state index in [0.717, 1.165) is 25.7 Å². The minimum Gasteiger partial charge on any atom is -0.349 e. The summed E-state index contributed by atoms with van der Waals surface area (Å²) in [4.78, 5) is 25.4. The molecule has 0 atom stereocenters. The summed E-state index contributed by atoms with van der Waals surface area (Å²) in [6.45, 7) is 0. The maximum atomic E-state index is 12.7. The molecule has 9 heteroatoms. The van der Waals surface area contributed by atoms with Crippen LogP contribution >= 0.6 is 11.6 Å². The molecule has 154 valence electrons. The summed E-state index contributed by atoms with van der Waals surface area (Å²) in [5.74, 6) is -0.533. The lowest BCUT2D eigenvalue weighted by atomic mass is 9.95. The van der Waals surface area contributed by atoms with Crippen LogP contribution in [0.25, 0.3) is 5.69 Å². The summed E-state index contributed by atoms with van der Waals surface area (Å²) in [5, 5.41) is 17.2. The largest absolute Gasteiger partial charge is 0.349 e. The predicted octanol–water partition coefficient (Wildman–Crippen LogP) is 3.63. The Bertz CT molecular complexity index is 1050. The van der Waals surface area contributed by atoms with Gasteiger partial charge in [0.2, 0.25) is 0 Å². The maximum Gasteiger partial charge on any atom is 0.255 e. The van der Waals surface area contributed by atoms with Crippen LogP contribution in [0.4, 0.5) is 5.69 Å². The number of benzene rings is 2. The van der Waals surface area contributed by atoms with Gasteiger partial charge < -0.3 is 10.6 Å². The molecule has 0 spiro atoms. The molecule has 2 aromatic carbocycles. The number of hydrogen-bond acceptors (Lipinski definition) is 5. The molecule has 3 aromatic rings. The third-order valence-electron chi connectivity index (χ3n) is 5.13. The van der Waals surface area contributed by atoms with Gasteiger partial charge in [-0.25, -0.2) is 4.68 Å². The summed E-state index contributed by atoms with van der Waals surface area (Å²) < 4.78 is 1.47. The van der Waals surface area contributed by atoms with Crippen LogP contribution in [0.2, 0.25) is 5.02 Å². The molecular formula is C21H21ClN6O2. The van der Waals surface area contributed by atoms with Crippen molar-refractivity contribution in [2.75, 3.05) is 5.32 Å². The highest BCUT2D eigenvalue weighted by molar-refractivity contribution is 6.34. The first kappa shape index (κ1) is 20.0. The van der Waals surface area contributed by atoms with Crippen molar-refractivity contribution in [1.29, 1.82) is 0 Å². The van der Waals surface area contributed by atoms with Crippen molar-refractivity contribution in [2.45, 2.75) is 38.1 Å². The maximum absolute atomic E-state index is 12.7. The fourth-order valence-corrected chi connectivity index (χ4v) is 3.76. The molecule has 0 bridgehead atoms. The van der Waals surface area contributed by atoms with Crippen LogP contribution in [-0.2, 0) is 0 Å². The van der Waals surface area contributed by atoms with E-state index in [1.165, 1.54) is 17.4 Å². The van der Waals surface area contributed by atoms with Crippen molar-refractivity contribution in [3.63, 3.8) is 0 Å². The molecule has 0 radical (unpaired) electrons. The Morgan fingerprint density at radius 1 is 1.03 bits per heavy atom. The van der Waals surface area contributed by atoms with E-state index < -0.39 is 0 Å². The van der Waals surface area contributed by atoms with E-state index in [-0.39, 0.29) is 17.9 Å². The number of aromatic nitrogens is 4. The van der Waals surface area contributed by atoms with E-state index in [4.69, 9.17) is 11.6 Å². The SMILES string of the molecule is O=C(Nc1ccc(Cl)c(C(=O)NC2CCCCC2)c1)c1cccc(-n2cnnn2)c1. The number of carbonyl (C=O) groups excluding carboxylic acids is 2. The van der Waals surface area contributed by atoms with Crippen LogP contribution in [0.5, 0.6) is 0 Å². The van der Waals surface area contributed by atoms with Crippen LogP contribution < -0.4 is 10.6 Å². The molecule has 2 amide bonds. The predicted molar refractivity (Wildman–Crippen MR) is 113 cm³/mol. The highest BCUT2D eigenvalue weighted by Gasteiger charge is 2.19. The summed E-state index contributed by atoms with van der Waals surface area (Å²) in [6, 6.07) is 12.0. The lowest BCUT2D eigenvalue weighted by molar-refractivity contribution is 0.0926. The summed E-state index contributed by atoms with van der Waals surface area (Å²) in [6.07, 6.45) is 6.88. The molecule has 1 heterocycles. The average molecular weight is 425 g/mol. The number of anilines is 1. The number of rotatable bonds is 5. The van der Waals surface area contributed by atoms with Crippen LogP contribution in [0, 0.1) is 0 Å². The van der Waals surface area contributed by atoms with Gasteiger partial charge in [0.1, 0.15) is 6.33 Å². The fraction of sp³-hybridized carbons (Fsp3) is 0.286. The number of hydrogen-bond donors (Lipinski definition) is 2. The minimum atomic E-state index is -0.314. The zero-order valence-corrected chi connectivity index (χ0v) is 17.0. The number of tetrazole rings is 1. The Morgan fingerprint density at radius 2 is 1.87 bits per heavy atom. The zero-order valence-electron chi connectivity index (χ0n) is 16.2. The first-order chi connectivity index (χ1) is 14.6. The van der Waals surface area contributed by atoms with Crippen molar-refractivity contribution in [2.24, 2.45) is 0 Å². The van der Waals surface area contributed by atoms with E-state index in [0.29, 0.717) is 27.5 Å². The Labute approximate surface area is 178 Å². The van der Waals surface area contributed by atoms with Gasteiger partial charge in [0, 0.05) is 17.3 Å². The van der Waals surface area contributed by atoms with Gasteiger partial charge in [0.25, 0.3) is 11.8 Å². The molecule has 0 saturated heterocycles. The van der Waals surface area contributed by atoms with Crippen LogP contribution in [0.1, 0.15) is 52.8 Å². The summed E-state index contributed by atoms with van der Waals surface area (Å²) in [5.41, 5.74) is 1.94. The van der Waals surface area contributed by atoms with Gasteiger partial charge in [-0.05, 0) is 59.7 Å². The molecule has 1 fully saturated rings. The topological polar surface area (TPSA) is 102 Å². The molecule has 2 N–H and O–H groups in total. The first-order valence-corrected chi connectivity index (χ1v) is 10.2. The van der Waals surface area contributed by atoms with Gasteiger partial charge in [0.15, 0.2) is 0 Å². The monoisotopic (exact) mass is 424 g/mol. The second kappa shape index (κ2) is 9.04. The van der Waals surface area contributed by atoms with E-state index in [1.807, 2.05) is 0 Å². The Balaban J connectivity index is 1.48. The highest BCUT2D eigenvalue weighted by Crippen LogP contribution is 2.23. The Morgan fingerprint density at radius 3 is 2.63 bits per heavy atom. The number of nitrogens with one attached hydrogen (secondary N) is 2. The molecular weight excluding hydrogens is 404 g/mol. The Hall–Kier alpha value is -3.26. The summed E-state index contributed by atoms with van der Waals surface area (Å²) >= 11 is 6.25. The van der Waals surface area contributed by atoms with E-state index in [2.05, 4.69) is 26.2 Å². The van der Waals surface area contributed by atoms with Crippen molar-refractivity contribution in [3.05, 3.63) is 64.9 Å². The molecule has 8 nitrogen and oxygen atoms in total. The first-order valence-electron chi connectivity index (χ1n) is 9.85. The molecule has 0 aliphatic heterocycles. The average Bonchev–Trinajstić information content (AvgIpc) is 3.31. The van der Waals surface area contributed by atoms with E-state index >= 15 is 0 Å². The summed E-state index contributed by atoms with van der Waals surface area (Å²) in [7, 11) is 0. The van der Waals surface area contributed by atoms with Gasteiger partial charge in [0.05, 0.1) is 16.3 Å². The normalized spacial score (nSPS) is 14.3. The van der Waals surface area contributed by atoms with Crippen molar-refractivity contribution in [1.82, 2.24) is 25.5 Å². The van der Waals surface area contributed by atoms with Gasteiger partial charge in [-0.1, -0.05) is 36.9 Å². The smallest absolute Gasteiger partial charge is 0.255 e. The number of carbonyl (C=O) groups is 2. The lowest BCUT2D eigenvalue weighted by Crippen LogP contribution is -2.36. The number of nitrogens with zero attached hydrogens (tertiary/aromatic N) is 4. The molecule has 0 unspecified atom stereocenters. The number of halogens is 1. The van der Waals surface area contributed by atoms with Crippen LogP contribution in [0.15, 0.2) is 48.8 Å². The molecule has 1 saturated carbocycles. The lowest BCUT2D eigenvalue weighted by Gasteiger charge is -2.23. The van der Waals surface area contributed by atoms with Crippen molar-refractivity contribution < 1.29 is 9.59 Å². The molecule has 1 aromatic heterocycles. The zero-order chi connectivity index (χ0) is 20.9. The second-order valence-corrected chi connectivity index (χ2v) is 7.67. The van der Waals surface area contributed by atoms with E-state index in [9.17, 15) is 9.59 Å². The van der Waals surface area contributed by atoms with Crippen molar-refractivity contribution >= 4 is 29.1 Å². The van der Waals surface area contributed by atoms with E-state index in [1.54, 1.807) is 42.5 Å². The van der Waals surface area contributed by atoms with Crippen LogP contribution in [-0.4, -0.2) is 38.1 Å². The van der Waals surface area contributed by atoms with Crippen molar-refractivity contribution in [3.8, 4) is 5.69 Å². The molecule has 1 aliphatic carbocycles. The van der Waals surface area contributed by atoms with Crippen LogP contribution in [0.3, 0.4) is 0 Å². The second-order valence-electron chi connectivity index (χ2n) is 7.26. The van der Waals surface area contributed by atoms with Gasteiger partial charge in [-0.2, -0.15) is 0 Å². The standard InChI is InChI=1S/C21H21ClN6O2/c22-19-10-9-16(12-18(19)21(30)24-15-6-2-1-3-7-15)25-20(29)14-5-4-8-17(11-14)28-13-23-26-27-28/h4-5,8-13,15H,1-3,6-7H2,(H,24,30)(H,25,29). The van der Waals surface area contributed by atoms with Gasteiger partial charge in [-0.3, -0.25) is 9.59 Å². The number of amides is 2. The minimum absolute atomic E-state index is 0.176. The third-order valence-corrected chi connectivity index (χ3v) is 5.46. The highest BCUT2D eigenvalue weighted by atomic mass is 35.5. The van der Waals surface area contributed by atoms with Gasteiger partial charge >= 0.3 is 0 Å². The molecule has 30 heavy (non-hydrogen) atoms. The van der Waals surface area contributed by atoms with Gasteiger partial charge in [-0.15, -0.1) is 5.10 Å². The quantitative estimate of drug-likeness (QED) is 0.651. The molecule has 4 rings (SSSR count).